The number of likely N-dealkylation sites (tertiary alicyclic amines) is 1. The van der Waals surface area contributed by atoms with E-state index in [1.54, 1.807) is 0 Å². The van der Waals surface area contributed by atoms with Crippen LogP contribution in [-0.4, -0.2) is 23.0 Å². The van der Waals surface area contributed by atoms with Crippen molar-refractivity contribution in [1.29, 1.82) is 0 Å². The number of aromatic nitrogens is 1. The van der Waals surface area contributed by atoms with E-state index < -0.39 is 0 Å². The zero-order valence-electron chi connectivity index (χ0n) is 11.7. The molecule has 0 atom stereocenters. The number of hydrogen-bond acceptors (Lipinski definition) is 2. The molecule has 3 rings (SSSR count). The molecule has 1 aromatic carbocycles. The fourth-order valence-electron chi connectivity index (χ4n) is 2.77. The fourth-order valence-corrected chi connectivity index (χ4v) is 2.77. The van der Waals surface area contributed by atoms with Gasteiger partial charge in [0.2, 0.25) is 0 Å². The zero-order chi connectivity index (χ0) is 13.6. The van der Waals surface area contributed by atoms with Crippen LogP contribution in [0.5, 0.6) is 0 Å². The number of nitrogens with zero attached hydrogens (tertiary/aromatic N) is 2. The Balaban J connectivity index is 1.66. The molecule has 20 heavy (non-hydrogen) atoms. The second-order valence-corrected chi connectivity index (χ2v) is 5.39. The van der Waals surface area contributed by atoms with Crippen molar-refractivity contribution in [2.75, 3.05) is 13.1 Å². The van der Waals surface area contributed by atoms with Gasteiger partial charge < -0.3 is 0 Å². The largest absolute Gasteiger partial charge is 0.295 e. The van der Waals surface area contributed by atoms with Crippen LogP contribution in [0.4, 0.5) is 0 Å². The Bertz CT molecular complexity index is 560. The molecule has 0 unspecified atom stereocenters. The SMILES string of the molecule is C(=C1/CCCN(Cc2ccccc2)C1)/c1cccnc1. The molecule has 0 amide bonds. The third-order valence-corrected chi connectivity index (χ3v) is 3.70. The van der Waals surface area contributed by atoms with Crippen LogP contribution in [0.2, 0.25) is 0 Å². The summed E-state index contributed by atoms with van der Waals surface area (Å²) in [5, 5.41) is 0. The summed E-state index contributed by atoms with van der Waals surface area (Å²) in [6, 6.07) is 14.8. The lowest BCUT2D eigenvalue weighted by Gasteiger charge is -2.28. The van der Waals surface area contributed by atoms with E-state index >= 15 is 0 Å². The normalized spacial score (nSPS) is 18.3. The highest BCUT2D eigenvalue weighted by Crippen LogP contribution is 2.20. The summed E-state index contributed by atoms with van der Waals surface area (Å²) in [5.74, 6) is 0. The summed E-state index contributed by atoms with van der Waals surface area (Å²) in [7, 11) is 0. The Labute approximate surface area is 120 Å². The van der Waals surface area contributed by atoms with E-state index in [9.17, 15) is 0 Å². The smallest absolute Gasteiger partial charge is 0.0340 e. The van der Waals surface area contributed by atoms with E-state index in [1.165, 1.54) is 36.1 Å². The van der Waals surface area contributed by atoms with Crippen LogP contribution in [0.15, 0.2) is 60.4 Å². The Morgan fingerprint density at radius 1 is 1.10 bits per heavy atom. The van der Waals surface area contributed by atoms with E-state index in [2.05, 4.69) is 52.4 Å². The molecule has 0 N–H and O–H groups in total. The van der Waals surface area contributed by atoms with Crippen LogP contribution >= 0.6 is 0 Å². The quantitative estimate of drug-likeness (QED) is 0.839. The number of piperidine rings is 1. The number of pyridine rings is 1. The van der Waals surface area contributed by atoms with Crippen LogP contribution in [0.1, 0.15) is 24.0 Å². The topological polar surface area (TPSA) is 16.1 Å². The lowest BCUT2D eigenvalue weighted by molar-refractivity contribution is 0.259. The lowest BCUT2D eigenvalue weighted by atomic mass is 10.0. The average Bonchev–Trinajstić information content (AvgIpc) is 2.50. The second kappa shape index (κ2) is 6.49. The van der Waals surface area contributed by atoms with Gasteiger partial charge in [-0.05, 0) is 36.6 Å². The predicted molar refractivity (Wildman–Crippen MR) is 83.2 cm³/mol. The van der Waals surface area contributed by atoms with Crippen molar-refractivity contribution >= 4 is 6.08 Å². The van der Waals surface area contributed by atoms with Crippen LogP contribution in [0.25, 0.3) is 6.08 Å². The van der Waals surface area contributed by atoms with E-state index in [0.29, 0.717) is 0 Å². The maximum Gasteiger partial charge on any atom is 0.0340 e. The molecule has 0 aliphatic carbocycles. The molecule has 2 heterocycles. The van der Waals surface area contributed by atoms with Crippen LogP contribution in [0.3, 0.4) is 0 Å². The van der Waals surface area contributed by atoms with Crippen molar-refractivity contribution in [2.24, 2.45) is 0 Å². The highest BCUT2D eigenvalue weighted by atomic mass is 15.1. The molecule has 2 aromatic rings. The molecule has 1 aliphatic rings. The highest BCUT2D eigenvalue weighted by Gasteiger charge is 2.14. The van der Waals surface area contributed by atoms with Crippen molar-refractivity contribution in [3.8, 4) is 0 Å². The molecule has 0 spiro atoms. The van der Waals surface area contributed by atoms with Crippen LogP contribution in [0, 0.1) is 0 Å². The predicted octanol–water partition coefficient (Wildman–Crippen LogP) is 3.76. The first-order valence-corrected chi connectivity index (χ1v) is 7.26. The fraction of sp³-hybridized carbons (Fsp3) is 0.278. The minimum atomic E-state index is 1.05. The number of hydrogen-bond donors (Lipinski definition) is 0. The molecule has 1 aliphatic heterocycles. The Hall–Kier alpha value is -1.93. The summed E-state index contributed by atoms with van der Waals surface area (Å²) in [5.41, 5.74) is 4.12. The van der Waals surface area contributed by atoms with Crippen molar-refractivity contribution in [3.05, 3.63) is 71.6 Å². The van der Waals surface area contributed by atoms with E-state index in [0.717, 1.165) is 13.1 Å². The molecular weight excluding hydrogens is 244 g/mol. The van der Waals surface area contributed by atoms with E-state index in [4.69, 9.17) is 0 Å². The monoisotopic (exact) mass is 264 g/mol. The maximum atomic E-state index is 4.18. The van der Waals surface area contributed by atoms with Crippen LogP contribution < -0.4 is 0 Å². The van der Waals surface area contributed by atoms with Gasteiger partial charge in [-0.25, -0.2) is 0 Å². The standard InChI is InChI=1S/C18H20N2/c1-2-6-16(7-3-1)14-20-11-5-9-18(15-20)12-17-8-4-10-19-13-17/h1-4,6-8,10,12-13H,5,9,11,14-15H2/b18-12+. The van der Waals surface area contributed by atoms with E-state index in [-0.39, 0.29) is 0 Å². The Morgan fingerprint density at radius 2 is 2.00 bits per heavy atom. The third kappa shape index (κ3) is 3.55. The van der Waals surface area contributed by atoms with Gasteiger partial charge in [0.15, 0.2) is 0 Å². The molecule has 2 nitrogen and oxygen atoms in total. The van der Waals surface area contributed by atoms with Gasteiger partial charge in [0.05, 0.1) is 0 Å². The number of rotatable bonds is 3. The maximum absolute atomic E-state index is 4.18. The van der Waals surface area contributed by atoms with Gasteiger partial charge in [0, 0.05) is 25.5 Å². The molecule has 1 aromatic heterocycles. The Morgan fingerprint density at radius 3 is 2.80 bits per heavy atom. The highest BCUT2D eigenvalue weighted by molar-refractivity contribution is 5.52. The molecule has 102 valence electrons. The summed E-state index contributed by atoms with van der Waals surface area (Å²) in [6.07, 6.45) is 8.51. The first-order chi connectivity index (χ1) is 9.90. The minimum absolute atomic E-state index is 1.05. The van der Waals surface area contributed by atoms with Crippen LogP contribution in [-0.2, 0) is 6.54 Å². The van der Waals surface area contributed by atoms with E-state index in [1.807, 2.05) is 18.5 Å². The molecule has 0 saturated carbocycles. The summed E-state index contributed by atoms with van der Waals surface area (Å²) in [6.45, 7) is 3.31. The molecule has 1 fully saturated rings. The van der Waals surface area contributed by atoms with Crippen molar-refractivity contribution in [3.63, 3.8) is 0 Å². The van der Waals surface area contributed by atoms with Gasteiger partial charge in [-0.3, -0.25) is 9.88 Å². The molecule has 2 heteroatoms. The zero-order valence-corrected chi connectivity index (χ0v) is 11.7. The number of benzene rings is 1. The summed E-state index contributed by atoms with van der Waals surface area (Å²) < 4.78 is 0. The van der Waals surface area contributed by atoms with Gasteiger partial charge in [0.25, 0.3) is 0 Å². The van der Waals surface area contributed by atoms with Gasteiger partial charge >= 0.3 is 0 Å². The minimum Gasteiger partial charge on any atom is -0.295 e. The second-order valence-electron chi connectivity index (χ2n) is 5.39. The first kappa shape index (κ1) is 13.1. The van der Waals surface area contributed by atoms with Gasteiger partial charge in [-0.2, -0.15) is 0 Å². The van der Waals surface area contributed by atoms with Crippen molar-refractivity contribution in [1.82, 2.24) is 9.88 Å². The summed E-state index contributed by atoms with van der Waals surface area (Å²) >= 11 is 0. The first-order valence-electron chi connectivity index (χ1n) is 7.26. The van der Waals surface area contributed by atoms with Gasteiger partial charge in [0.1, 0.15) is 0 Å². The summed E-state index contributed by atoms with van der Waals surface area (Å²) in [4.78, 5) is 6.71. The molecule has 0 radical (unpaired) electrons. The van der Waals surface area contributed by atoms with Gasteiger partial charge in [-0.15, -0.1) is 0 Å². The van der Waals surface area contributed by atoms with Gasteiger partial charge in [-0.1, -0.05) is 48.0 Å². The third-order valence-electron chi connectivity index (χ3n) is 3.70. The molecule has 1 saturated heterocycles. The molecule has 0 bridgehead atoms. The average molecular weight is 264 g/mol. The van der Waals surface area contributed by atoms with Crippen molar-refractivity contribution < 1.29 is 0 Å². The Kier molecular flexibility index (Phi) is 4.24. The molecular formula is C18H20N2. The lowest BCUT2D eigenvalue weighted by Crippen LogP contribution is -2.30. The van der Waals surface area contributed by atoms with Crippen molar-refractivity contribution in [2.45, 2.75) is 19.4 Å².